The topological polar surface area (TPSA) is 59.8 Å². The van der Waals surface area contributed by atoms with Gasteiger partial charge in [0.1, 0.15) is 0 Å². The van der Waals surface area contributed by atoms with Crippen LogP contribution in [-0.2, 0) is 0 Å². The van der Waals surface area contributed by atoms with Gasteiger partial charge in [0, 0.05) is 0 Å². The van der Waals surface area contributed by atoms with Crippen molar-refractivity contribution in [1.82, 2.24) is 20.3 Å². The molecule has 5 nitrogen and oxygen atoms in total. The molecule has 0 radical (unpaired) electrons. The van der Waals surface area contributed by atoms with E-state index in [-0.39, 0.29) is 11.9 Å². The highest BCUT2D eigenvalue weighted by atomic mass is 16.2. The first-order chi connectivity index (χ1) is 12.7. The van der Waals surface area contributed by atoms with Gasteiger partial charge in [0.25, 0.3) is 5.91 Å². The molecule has 1 aliphatic carbocycles. The second kappa shape index (κ2) is 7.28. The Morgan fingerprint density at radius 3 is 2.73 bits per heavy atom. The summed E-state index contributed by atoms with van der Waals surface area (Å²) < 4.78 is 1.87. The van der Waals surface area contributed by atoms with Crippen LogP contribution < -0.4 is 5.32 Å². The van der Waals surface area contributed by atoms with Gasteiger partial charge in [-0.15, -0.1) is 5.10 Å². The Labute approximate surface area is 153 Å². The molecule has 0 bridgehead atoms. The van der Waals surface area contributed by atoms with Crippen LogP contribution in [0.3, 0.4) is 0 Å². The van der Waals surface area contributed by atoms with Crippen molar-refractivity contribution in [1.29, 1.82) is 0 Å². The largest absolute Gasteiger partial charge is 0.344 e. The number of nitrogens with one attached hydrogen (secondary N) is 1. The minimum Gasteiger partial charge on any atom is -0.344 e. The number of hydrogen-bond acceptors (Lipinski definition) is 3. The molecule has 3 aromatic rings. The SMILES string of the molecule is C[C@@H](NC(=O)c1cn(C2CCCCC2)nn1)c1cccc2ccccc12. The molecule has 1 heterocycles. The summed E-state index contributed by atoms with van der Waals surface area (Å²) in [7, 11) is 0. The first kappa shape index (κ1) is 16.8. The molecule has 1 aromatic heterocycles. The summed E-state index contributed by atoms with van der Waals surface area (Å²) in [6.07, 6.45) is 7.78. The third-order valence-electron chi connectivity index (χ3n) is 5.33. The van der Waals surface area contributed by atoms with E-state index in [4.69, 9.17) is 0 Å². The first-order valence-corrected chi connectivity index (χ1v) is 9.43. The number of rotatable bonds is 4. The van der Waals surface area contributed by atoms with Crippen LogP contribution in [0, 0.1) is 0 Å². The van der Waals surface area contributed by atoms with Crippen LogP contribution in [0.5, 0.6) is 0 Å². The Morgan fingerprint density at radius 1 is 1.12 bits per heavy atom. The Hall–Kier alpha value is -2.69. The fourth-order valence-corrected chi connectivity index (χ4v) is 3.88. The highest BCUT2D eigenvalue weighted by Gasteiger charge is 2.20. The van der Waals surface area contributed by atoms with Crippen LogP contribution in [0.4, 0.5) is 0 Å². The molecule has 134 valence electrons. The van der Waals surface area contributed by atoms with Crippen molar-refractivity contribution in [2.24, 2.45) is 0 Å². The van der Waals surface area contributed by atoms with E-state index >= 15 is 0 Å². The number of aromatic nitrogens is 3. The number of carbonyl (C=O) groups excluding carboxylic acids is 1. The average Bonchev–Trinajstić information content (AvgIpc) is 3.18. The fourth-order valence-electron chi connectivity index (χ4n) is 3.88. The van der Waals surface area contributed by atoms with E-state index in [0.717, 1.165) is 23.8 Å². The molecule has 1 saturated carbocycles. The van der Waals surface area contributed by atoms with E-state index in [1.807, 2.05) is 29.8 Å². The maximum atomic E-state index is 12.6. The summed E-state index contributed by atoms with van der Waals surface area (Å²) in [6.45, 7) is 2.01. The van der Waals surface area contributed by atoms with Crippen LogP contribution in [-0.4, -0.2) is 20.9 Å². The quantitative estimate of drug-likeness (QED) is 0.759. The van der Waals surface area contributed by atoms with E-state index < -0.39 is 0 Å². The Bertz CT molecular complexity index is 906. The van der Waals surface area contributed by atoms with Gasteiger partial charge >= 0.3 is 0 Å². The van der Waals surface area contributed by atoms with Crippen molar-refractivity contribution < 1.29 is 4.79 Å². The highest BCUT2D eigenvalue weighted by Crippen LogP contribution is 2.27. The summed E-state index contributed by atoms with van der Waals surface area (Å²) in [5, 5.41) is 13.7. The average molecular weight is 348 g/mol. The fraction of sp³-hybridized carbons (Fsp3) is 0.381. The lowest BCUT2D eigenvalue weighted by Gasteiger charge is -2.20. The predicted octanol–water partition coefficient (Wildman–Crippen LogP) is 4.43. The second-order valence-corrected chi connectivity index (χ2v) is 7.14. The minimum atomic E-state index is -0.174. The van der Waals surface area contributed by atoms with Crippen LogP contribution in [0.15, 0.2) is 48.7 Å². The summed E-state index contributed by atoms with van der Waals surface area (Å²) in [4.78, 5) is 12.6. The molecule has 1 atom stereocenters. The first-order valence-electron chi connectivity index (χ1n) is 9.43. The molecule has 1 N–H and O–H groups in total. The summed E-state index contributed by atoms with van der Waals surface area (Å²) in [6, 6.07) is 14.7. The number of hydrogen-bond donors (Lipinski definition) is 1. The van der Waals surface area contributed by atoms with E-state index in [1.165, 1.54) is 24.6 Å². The molecule has 0 aliphatic heterocycles. The molecule has 0 spiro atoms. The zero-order valence-corrected chi connectivity index (χ0v) is 15.1. The number of nitrogens with zero attached hydrogens (tertiary/aromatic N) is 3. The van der Waals surface area contributed by atoms with Crippen molar-refractivity contribution >= 4 is 16.7 Å². The Balaban J connectivity index is 1.50. The van der Waals surface area contributed by atoms with Gasteiger partial charge in [-0.2, -0.15) is 0 Å². The Morgan fingerprint density at radius 2 is 1.88 bits per heavy atom. The smallest absolute Gasteiger partial charge is 0.273 e. The van der Waals surface area contributed by atoms with E-state index in [0.29, 0.717) is 11.7 Å². The van der Waals surface area contributed by atoms with Crippen LogP contribution in [0.1, 0.15) is 67.2 Å². The maximum absolute atomic E-state index is 12.6. The van der Waals surface area contributed by atoms with Gasteiger partial charge in [0.15, 0.2) is 5.69 Å². The van der Waals surface area contributed by atoms with E-state index in [1.54, 1.807) is 6.20 Å². The molecule has 2 aromatic carbocycles. The zero-order chi connectivity index (χ0) is 17.9. The monoisotopic (exact) mass is 348 g/mol. The molecule has 26 heavy (non-hydrogen) atoms. The van der Waals surface area contributed by atoms with Gasteiger partial charge in [-0.3, -0.25) is 4.79 Å². The van der Waals surface area contributed by atoms with Gasteiger partial charge < -0.3 is 5.32 Å². The van der Waals surface area contributed by atoms with Crippen molar-refractivity contribution in [3.05, 3.63) is 59.9 Å². The summed E-state index contributed by atoms with van der Waals surface area (Å²) in [5.41, 5.74) is 1.50. The molecule has 0 saturated heterocycles. The minimum absolute atomic E-state index is 0.103. The number of carbonyl (C=O) groups is 1. The summed E-state index contributed by atoms with van der Waals surface area (Å²) >= 11 is 0. The van der Waals surface area contributed by atoms with Crippen molar-refractivity contribution in [3.63, 3.8) is 0 Å². The van der Waals surface area contributed by atoms with Crippen LogP contribution >= 0.6 is 0 Å². The molecular formula is C21H24N4O. The standard InChI is InChI=1S/C21H24N4O/c1-15(18-13-7-9-16-8-5-6-12-19(16)18)22-21(26)20-14-25(24-23-20)17-10-3-2-4-11-17/h5-9,12-15,17H,2-4,10-11H2,1H3,(H,22,26)/t15-/m1/s1. The molecular weight excluding hydrogens is 324 g/mol. The van der Waals surface area contributed by atoms with Crippen molar-refractivity contribution in [3.8, 4) is 0 Å². The van der Waals surface area contributed by atoms with Crippen LogP contribution in [0.25, 0.3) is 10.8 Å². The van der Waals surface area contributed by atoms with Crippen molar-refractivity contribution in [2.45, 2.75) is 51.1 Å². The molecule has 1 aliphatic rings. The number of fused-ring (bicyclic) bond motifs is 1. The van der Waals surface area contributed by atoms with Gasteiger partial charge in [-0.05, 0) is 36.1 Å². The highest BCUT2D eigenvalue weighted by molar-refractivity contribution is 5.93. The maximum Gasteiger partial charge on any atom is 0.273 e. The predicted molar refractivity (Wildman–Crippen MR) is 102 cm³/mol. The normalized spacial score (nSPS) is 16.5. The zero-order valence-electron chi connectivity index (χ0n) is 15.1. The lowest BCUT2D eigenvalue weighted by atomic mass is 9.96. The second-order valence-electron chi connectivity index (χ2n) is 7.14. The molecule has 5 heteroatoms. The van der Waals surface area contributed by atoms with Gasteiger partial charge in [-0.1, -0.05) is 66.9 Å². The van der Waals surface area contributed by atoms with Gasteiger partial charge in [0.2, 0.25) is 0 Å². The number of amides is 1. The molecule has 1 amide bonds. The molecule has 0 unspecified atom stereocenters. The van der Waals surface area contributed by atoms with Gasteiger partial charge in [0.05, 0.1) is 18.3 Å². The van der Waals surface area contributed by atoms with E-state index in [9.17, 15) is 4.79 Å². The molecule has 4 rings (SSSR count). The molecule has 1 fully saturated rings. The third-order valence-corrected chi connectivity index (χ3v) is 5.33. The lowest BCUT2D eigenvalue weighted by Crippen LogP contribution is -2.27. The summed E-state index contributed by atoms with van der Waals surface area (Å²) in [5.74, 6) is -0.174. The van der Waals surface area contributed by atoms with Crippen molar-refractivity contribution in [2.75, 3.05) is 0 Å². The lowest BCUT2D eigenvalue weighted by molar-refractivity contribution is 0.0935. The van der Waals surface area contributed by atoms with Gasteiger partial charge in [-0.25, -0.2) is 4.68 Å². The number of benzene rings is 2. The van der Waals surface area contributed by atoms with E-state index in [2.05, 4.69) is 39.9 Å². The third kappa shape index (κ3) is 3.34. The Kier molecular flexibility index (Phi) is 4.69. The van der Waals surface area contributed by atoms with Crippen LogP contribution in [0.2, 0.25) is 0 Å².